The van der Waals surface area contributed by atoms with Crippen LogP contribution >= 0.6 is 0 Å². The van der Waals surface area contributed by atoms with Crippen molar-refractivity contribution in [2.24, 2.45) is 0 Å². The van der Waals surface area contributed by atoms with Gasteiger partial charge in [0, 0.05) is 19.8 Å². The first-order valence-corrected chi connectivity index (χ1v) is 7.44. The Labute approximate surface area is 123 Å². The van der Waals surface area contributed by atoms with Gasteiger partial charge in [0.25, 0.3) is 0 Å². The third-order valence-electron chi connectivity index (χ3n) is 2.86. The van der Waals surface area contributed by atoms with Crippen molar-refractivity contribution in [1.29, 1.82) is 0 Å². The van der Waals surface area contributed by atoms with Gasteiger partial charge in [0.1, 0.15) is 0 Å². The van der Waals surface area contributed by atoms with Crippen LogP contribution in [0.1, 0.15) is 25.8 Å². The Kier molecular flexibility index (Phi) is 9.84. The highest BCUT2D eigenvalue weighted by atomic mass is 16.5. The average molecular weight is 277 g/mol. The summed E-state index contributed by atoms with van der Waals surface area (Å²) in [5.74, 6) is 0. The quantitative estimate of drug-likeness (QED) is 0.630. The molecule has 0 aromatic heterocycles. The van der Waals surface area contributed by atoms with Gasteiger partial charge < -0.3 is 14.8 Å². The van der Waals surface area contributed by atoms with Crippen LogP contribution in [-0.2, 0) is 9.47 Å². The maximum absolute atomic E-state index is 5.71. The van der Waals surface area contributed by atoms with Gasteiger partial charge in [0.05, 0.1) is 12.7 Å². The van der Waals surface area contributed by atoms with Crippen molar-refractivity contribution in [3.8, 4) is 0 Å². The molecule has 0 heterocycles. The van der Waals surface area contributed by atoms with E-state index < -0.39 is 0 Å². The predicted molar refractivity (Wildman–Crippen MR) is 84.9 cm³/mol. The van der Waals surface area contributed by atoms with Gasteiger partial charge in [0.15, 0.2) is 0 Å². The lowest BCUT2D eigenvalue weighted by molar-refractivity contribution is 0.0869. The first kappa shape index (κ1) is 16.9. The zero-order valence-electron chi connectivity index (χ0n) is 12.7. The van der Waals surface area contributed by atoms with Crippen molar-refractivity contribution in [2.45, 2.75) is 26.4 Å². The standard InChI is InChI=1S/C17H27NO2/c1-3-19-13-8-12-18-15-16(2)20-14-7-11-17-9-5-4-6-10-17/h4-7,9-11,16,18H,3,8,12-15H2,1-2H3. The van der Waals surface area contributed by atoms with E-state index in [0.717, 1.165) is 32.7 Å². The molecule has 0 aliphatic heterocycles. The third kappa shape index (κ3) is 8.86. The van der Waals surface area contributed by atoms with E-state index in [9.17, 15) is 0 Å². The first-order valence-electron chi connectivity index (χ1n) is 7.44. The lowest BCUT2D eigenvalue weighted by Gasteiger charge is -2.12. The molecule has 0 fully saturated rings. The van der Waals surface area contributed by atoms with E-state index in [1.807, 2.05) is 25.1 Å². The topological polar surface area (TPSA) is 30.5 Å². The van der Waals surface area contributed by atoms with Gasteiger partial charge in [-0.15, -0.1) is 0 Å². The Hall–Kier alpha value is -1.16. The normalized spacial score (nSPS) is 12.9. The summed E-state index contributed by atoms with van der Waals surface area (Å²) in [5, 5.41) is 3.37. The van der Waals surface area contributed by atoms with Crippen LogP contribution in [0.25, 0.3) is 6.08 Å². The van der Waals surface area contributed by atoms with E-state index in [4.69, 9.17) is 9.47 Å². The van der Waals surface area contributed by atoms with Crippen LogP contribution in [0.4, 0.5) is 0 Å². The highest BCUT2D eigenvalue weighted by molar-refractivity contribution is 5.48. The van der Waals surface area contributed by atoms with Crippen molar-refractivity contribution in [3.05, 3.63) is 42.0 Å². The van der Waals surface area contributed by atoms with E-state index in [1.54, 1.807) is 0 Å². The predicted octanol–water partition coefficient (Wildman–Crippen LogP) is 3.12. The van der Waals surface area contributed by atoms with Gasteiger partial charge in [-0.3, -0.25) is 0 Å². The molecule has 0 saturated heterocycles. The summed E-state index contributed by atoms with van der Waals surface area (Å²) >= 11 is 0. The van der Waals surface area contributed by atoms with Gasteiger partial charge >= 0.3 is 0 Å². The molecule has 3 heteroatoms. The second kappa shape index (κ2) is 11.6. The highest BCUT2D eigenvalue weighted by Gasteiger charge is 1.99. The van der Waals surface area contributed by atoms with E-state index in [2.05, 4.69) is 36.5 Å². The maximum Gasteiger partial charge on any atom is 0.0675 e. The van der Waals surface area contributed by atoms with E-state index in [1.165, 1.54) is 5.56 Å². The molecule has 1 rings (SSSR count). The largest absolute Gasteiger partial charge is 0.382 e. The molecule has 0 amide bonds. The zero-order valence-corrected chi connectivity index (χ0v) is 12.7. The number of rotatable bonds is 11. The Morgan fingerprint density at radius 3 is 2.80 bits per heavy atom. The van der Waals surface area contributed by atoms with Crippen LogP contribution in [0.2, 0.25) is 0 Å². The molecule has 0 spiro atoms. The summed E-state index contributed by atoms with van der Waals surface area (Å²) in [5.41, 5.74) is 1.21. The van der Waals surface area contributed by atoms with Gasteiger partial charge in [-0.2, -0.15) is 0 Å². The molecule has 0 radical (unpaired) electrons. The number of hydrogen-bond acceptors (Lipinski definition) is 3. The third-order valence-corrected chi connectivity index (χ3v) is 2.86. The van der Waals surface area contributed by atoms with Crippen LogP contribution in [0.3, 0.4) is 0 Å². The Morgan fingerprint density at radius 2 is 2.05 bits per heavy atom. The highest BCUT2D eigenvalue weighted by Crippen LogP contribution is 2.01. The summed E-state index contributed by atoms with van der Waals surface area (Å²) in [7, 11) is 0. The molecule has 1 aromatic rings. The molecule has 1 unspecified atom stereocenters. The Balaban J connectivity index is 2.00. The van der Waals surface area contributed by atoms with Gasteiger partial charge in [-0.05, 0) is 32.4 Å². The molecule has 20 heavy (non-hydrogen) atoms. The fraction of sp³-hybridized carbons (Fsp3) is 0.529. The van der Waals surface area contributed by atoms with Crippen molar-refractivity contribution >= 4 is 6.08 Å². The van der Waals surface area contributed by atoms with Crippen molar-refractivity contribution in [2.75, 3.05) is 32.9 Å². The van der Waals surface area contributed by atoms with E-state index in [-0.39, 0.29) is 6.10 Å². The summed E-state index contributed by atoms with van der Waals surface area (Å²) in [6.07, 6.45) is 5.42. The minimum Gasteiger partial charge on any atom is -0.382 e. The second-order valence-corrected chi connectivity index (χ2v) is 4.71. The smallest absolute Gasteiger partial charge is 0.0675 e. The van der Waals surface area contributed by atoms with Crippen LogP contribution in [0.5, 0.6) is 0 Å². The minimum absolute atomic E-state index is 0.225. The van der Waals surface area contributed by atoms with Gasteiger partial charge in [-0.25, -0.2) is 0 Å². The van der Waals surface area contributed by atoms with Crippen LogP contribution in [-0.4, -0.2) is 39.0 Å². The number of benzene rings is 1. The minimum atomic E-state index is 0.225. The molecule has 0 saturated carbocycles. The molecular formula is C17H27NO2. The number of hydrogen-bond donors (Lipinski definition) is 1. The molecule has 1 N–H and O–H groups in total. The van der Waals surface area contributed by atoms with Crippen molar-refractivity contribution < 1.29 is 9.47 Å². The molecule has 1 aromatic carbocycles. The van der Waals surface area contributed by atoms with Crippen LogP contribution < -0.4 is 5.32 Å². The average Bonchev–Trinajstić information content (AvgIpc) is 2.48. The van der Waals surface area contributed by atoms with Gasteiger partial charge in [0.2, 0.25) is 0 Å². The Morgan fingerprint density at radius 1 is 1.25 bits per heavy atom. The molecular weight excluding hydrogens is 250 g/mol. The second-order valence-electron chi connectivity index (χ2n) is 4.71. The molecule has 0 aliphatic rings. The summed E-state index contributed by atoms with van der Waals surface area (Å²) < 4.78 is 11.0. The number of ether oxygens (including phenoxy) is 2. The lowest BCUT2D eigenvalue weighted by Crippen LogP contribution is -2.28. The summed E-state index contributed by atoms with van der Waals surface area (Å²) in [6, 6.07) is 10.3. The van der Waals surface area contributed by atoms with Crippen LogP contribution in [0.15, 0.2) is 36.4 Å². The van der Waals surface area contributed by atoms with E-state index in [0.29, 0.717) is 6.61 Å². The van der Waals surface area contributed by atoms with Crippen molar-refractivity contribution in [1.82, 2.24) is 5.32 Å². The molecule has 0 bridgehead atoms. The fourth-order valence-corrected chi connectivity index (χ4v) is 1.78. The molecule has 0 aliphatic carbocycles. The molecule has 112 valence electrons. The van der Waals surface area contributed by atoms with Crippen LogP contribution in [0, 0.1) is 0 Å². The molecule has 3 nitrogen and oxygen atoms in total. The SMILES string of the molecule is CCOCCCNCC(C)OCC=Cc1ccccc1. The Bertz CT molecular complexity index is 351. The van der Waals surface area contributed by atoms with Gasteiger partial charge in [-0.1, -0.05) is 42.5 Å². The zero-order chi connectivity index (χ0) is 14.5. The van der Waals surface area contributed by atoms with Crippen molar-refractivity contribution in [3.63, 3.8) is 0 Å². The van der Waals surface area contributed by atoms with E-state index >= 15 is 0 Å². The first-order chi connectivity index (χ1) is 9.83. The lowest BCUT2D eigenvalue weighted by atomic mass is 10.2. The maximum atomic E-state index is 5.71. The number of nitrogens with one attached hydrogen (secondary N) is 1. The summed E-state index contributed by atoms with van der Waals surface area (Å²) in [4.78, 5) is 0. The summed E-state index contributed by atoms with van der Waals surface area (Å²) in [6.45, 7) is 8.25. The fourth-order valence-electron chi connectivity index (χ4n) is 1.78. The monoisotopic (exact) mass is 277 g/mol. The molecule has 1 atom stereocenters.